The Morgan fingerprint density at radius 3 is 2.78 bits per heavy atom. The second kappa shape index (κ2) is 6.50. The van der Waals surface area contributed by atoms with Crippen molar-refractivity contribution in [3.8, 4) is 0 Å². The Balaban J connectivity index is 2.10. The van der Waals surface area contributed by atoms with Crippen molar-refractivity contribution in [3.63, 3.8) is 0 Å². The van der Waals surface area contributed by atoms with Crippen LogP contribution in [0.4, 0.5) is 0 Å². The van der Waals surface area contributed by atoms with E-state index in [-0.39, 0.29) is 6.04 Å². The average Bonchev–Trinajstić information content (AvgIpc) is 2.43. The maximum Gasteiger partial charge on any atom is 0.0346 e. The standard InChI is InChI=1S/C16H22N2/c1-2-3-4-5-10-16(17)15-12-18-11-13-8-6-7-9-14(13)15/h6-9,11-12,16H,2-5,10,17H2,1H3. The molecule has 0 spiro atoms. The van der Waals surface area contributed by atoms with E-state index in [2.05, 4.69) is 30.1 Å². The van der Waals surface area contributed by atoms with Crippen molar-refractivity contribution in [2.24, 2.45) is 5.73 Å². The first-order valence-corrected chi connectivity index (χ1v) is 6.91. The van der Waals surface area contributed by atoms with Crippen LogP contribution in [0, 0.1) is 0 Å². The van der Waals surface area contributed by atoms with Gasteiger partial charge in [-0.15, -0.1) is 0 Å². The molecule has 2 N–H and O–H groups in total. The van der Waals surface area contributed by atoms with Crippen molar-refractivity contribution in [2.45, 2.75) is 45.1 Å². The summed E-state index contributed by atoms with van der Waals surface area (Å²) < 4.78 is 0. The fourth-order valence-corrected chi connectivity index (χ4v) is 2.38. The van der Waals surface area contributed by atoms with Crippen LogP contribution in [0.3, 0.4) is 0 Å². The normalized spacial score (nSPS) is 12.8. The van der Waals surface area contributed by atoms with E-state index >= 15 is 0 Å². The Hall–Kier alpha value is -1.41. The molecule has 0 aliphatic rings. The van der Waals surface area contributed by atoms with Gasteiger partial charge in [-0.3, -0.25) is 4.98 Å². The van der Waals surface area contributed by atoms with Crippen LogP contribution in [0.1, 0.15) is 50.6 Å². The number of aromatic nitrogens is 1. The van der Waals surface area contributed by atoms with Crippen LogP contribution >= 0.6 is 0 Å². The number of nitrogens with zero attached hydrogens (tertiary/aromatic N) is 1. The number of rotatable bonds is 6. The summed E-state index contributed by atoms with van der Waals surface area (Å²) >= 11 is 0. The predicted molar refractivity (Wildman–Crippen MR) is 77.4 cm³/mol. The minimum Gasteiger partial charge on any atom is -0.324 e. The van der Waals surface area contributed by atoms with Gasteiger partial charge in [0, 0.05) is 23.8 Å². The quantitative estimate of drug-likeness (QED) is 0.771. The number of unbranched alkanes of at least 4 members (excludes halogenated alkanes) is 3. The zero-order valence-corrected chi connectivity index (χ0v) is 11.1. The van der Waals surface area contributed by atoms with Gasteiger partial charge in [-0.05, 0) is 17.4 Å². The van der Waals surface area contributed by atoms with Crippen LogP contribution in [0.25, 0.3) is 10.8 Å². The van der Waals surface area contributed by atoms with Crippen molar-refractivity contribution in [1.29, 1.82) is 0 Å². The van der Waals surface area contributed by atoms with Gasteiger partial charge < -0.3 is 5.73 Å². The molecule has 2 rings (SSSR count). The molecule has 1 heterocycles. The largest absolute Gasteiger partial charge is 0.324 e. The average molecular weight is 242 g/mol. The lowest BCUT2D eigenvalue weighted by atomic mass is 9.98. The summed E-state index contributed by atoms with van der Waals surface area (Å²) in [5.74, 6) is 0. The summed E-state index contributed by atoms with van der Waals surface area (Å²) in [6.07, 6.45) is 9.94. The summed E-state index contributed by atoms with van der Waals surface area (Å²) in [6, 6.07) is 8.45. The second-order valence-corrected chi connectivity index (χ2v) is 4.91. The van der Waals surface area contributed by atoms with Crippen LogP contribution in [0.15, 0.2) is 36.7 Å². The highest BCUT2D eigenvalue weighted by Crippen LogP contribution is 2.25. The summed E-state index contributed by atoms with van der Waals surface area (Å²) in [6.45, 7) is 2.23. The number of hydrogen-bond acceptors (Lipinski definition) is 2. The second-order valence-electron chi connectivity index (χ2n) is 4.91. The molecule has 0 amide bonds. The number of nitrogens with two attached hydrogens (primary N) is 1. The van der Waals surface area contributed by atoms with Crippen LogP contribution in [0.5, 0.6) is 0 Å². The number of fused-ring (bicyclic) bond motifs is 1. The van der Waals surface area contributed by atoms with Gasteiger partial charge in [-0.2, -0.15) is 0 Å². The van der Waals surface area contributed by atoms with Gasteiger partial charge in [0.1, 0.15) is 0 Å². The maximum absolute atomic E-state index is 6.30. The van der Waals surface area contributed by atoms with E-state index in [1.807, 2.05) is 18.5 Å². The van der Waals surface area contributed by atoms with E-state index in [1.165, 1.54) is 42.0 Å². The Morgan fingerprint density at radius 1 is 1.11 bits per heavy atom. The topological polar surface area (TPSA) is 38.9 Å². The summed E-state index contributed by atoms with van der Waals surface area (Å²) in [4.78, 5) is 4.30. The molecule has 96 valence electrons. The molecule has 1 unspecified atom stereocenters. The summed E-state index contributed by atoms with van der Waals surface area (Å²) in [5.41, 5.74) is 7.49. The molecule has 0 bridgehead atoms. The summed E-state index contributed by atoms with van der Waals surface area (Å²) in [7, 11) is 0. The predicted octanol–water partition coefficient (Wildman–Crippen LogP) is 4.21. The zero-order valence-electron chi connectivity index (χ0n) is 11.1. The van der Waals surface area contributed by atoms with Gasteiger partial charge in [-0.1, -0.05) is 56.9 Å². The van der Waals surface area contributed by atoms with Gasteiger partial charge >= 0.3 is 0 Å². The Labute approximate surface area is 109 Å². The lowest BCUT2D eigenvalue weighted by Crippen LogP contribution is -2.11. The third-order valence-corrected chi connectivity index (χ3v) is 3.47. The van der Waals surface area contributed by atoms with E-state index in [0.29, 0.717) is 0 Å². The molecule has 0 aliphatic heterocycles. The van der Waals surface area contributed by atoms with Crippen molar-refractivity contribution >= 4 is 10.8 Å². The third-order valence-electron chi connectivity index (χ3n) is 3.47. The highest BCUT2D eigenvalue weighted by molar-refractivity contribution is 5.84. The van der Waals surface area contributed by atoms with E-state index < -0.39 is 0 Å². The molecule has 2 heteroatoms. The first-order chi connectivity index (χ1) is 8.83. The van der Waals surface area contributed by atoms with Crippen molar-refractivity contribution < 1.29 is 0 Å². The first kappa shape index (κ1) is 13.0. The smallest absolute Gasteiger partial charge is 0.0346 e. The zero-order chi connectivity index (χ0) is 12.8. The molecule has 0 aliphatic carbocycles. The lowest BCUT2D eigenvalue weighted by molar-refractivity contribution is 0.567. The molecule has 0 saturated heterocycles. The number of hydrogen-bond donors (Lipinski definition) is 1. The van der Waals surface area contributed by atoms with E-state index in [1.54, 1.807) is 0 Å². The molecular formula is C16H22N2. The molecule has 0 saturated carbocycles. The molecule has 1 aromatic carbocycles. The SMILES string of the molecule is CCCCCCC(N)c1cncc2ccccc12. The van der Waals surface area contributed by atoms with Gasteiger partial charge in [0.2, 0.25) is 0 Å². The molecule has 2 nitrogen and oxygen atoms in total. The molecule has 0 fully saturated rings. The van der Waals surface area contributed by atoms with Crippen molar-refractivity contribution in [2.75, 3.05) is 0 Å². The van der Waals surface area contributed by atoms with Crippen LogP contribution < -0.4 is 5.73 Å². The third kappa shape index (κ3) is 3.08. The summed E-state index contributed by atoms with van der Waals surface area (Å²) in [5, 5.41) is 2.43. The van der Waals surface area contributed by atoms with Gasteiger partial charge in [0.25, 0.3) is 0 Å². The van der Waals surface area contributed by atoms with E-state index in [0.717, 1.165) is 6.42 Å². The number of benzene rings is 1. The minimum atomic E-state index is 0.112. The van der Waals surface area contributed by atoms with Gasteiger partial charge in [0.05, 0.1) is 0 Å². The Bertz CT molecular complexity index is 488. The highest BCUT2D eigenvalue weighted by Gasteiger charge is 2.09. The van der Waals surface area contributed by atoms with Crippen LogP contribution in [0.2, 0.25) is 0 Å². The molecule has 1 aromatic heterocycles. The van der Waals surface area contributed by atoms with E-state index in [9.17, 15) is 0 Å². The van der Waals surface area contributed by atoms with Gasteiger partial charge in [-0.25, -0.2) is 0 Å². The fourth-order valence-electron chi connectivity index (χ4n) is 2.38. The lowest BCUT2D eigenvalue weighted by Gasteiger charge is -2.14. The maximum atomic E-state index is 6.30. The van der Waals surface area contributed by atoms with Crippen LogP contribution in [-0.4, -0.2) is 4.98 Å². The Kier molecular flexibility index (Phi) is 4.71. The minimum absolute atomic E-state index is 0.112. The molecule has 18 heavy (non-hydrogen) atoms. The Morgan fingerprint density at radius 2 is 1.94 bits per heavy atom. The molecular weight excluding hydrogens is 220 g/mol. The monoisotopic (exact) mass is 242 g/mol. The molecule has 1 atom stereocenters. The van der Waals surface area contributed by atoms with Crippen molar-refractivity contribution in [1.82, 2.24) is 4.98 Å². The van der Waals surface area contributed by atoms with Crippen LogP contribution in [-0.2, 0) is 0 Å². The fraction of sp³-hybridized carbons (Fsp3) is 0.438. The molecule has 0 radical (unpaired) electrons. The number of pyridine rings is 1. The highest BCUT2D eigenvalue weighted by atomic mass is 14.7. The molecule has 2 aromatic rings. The first-order valence-electron chi connectivity index (χ1n) is 6.91. The van der Waals surface area contributed by atoms with Crippen molar-refractivity contribution in [3.05, 3.63) is 42.2 Å². The van der Waals surface area contributed by atoms with E-state index in [4.69, 9.17) is 5.73 Å². The van der Waals surface area contributed by atoms with Gasteiger partial charge in [0.15, 0.2) is 0 Å².